The van der Waals surface area contributed by atoms with Crippen molar-refractivity contribution in [3.05, 3.63) is 101 Å². The Kier molecular flexibility index (Phi) is 6.52. The zero-order valence-corrected chi connectivity index (χ0v) is 20.1. The van der Waals surface area contributed by atoms with E-state index in [2.05, 4.69) is 30.6 Å². The Morgan fingerprint density at radius 2 is 1.90 bits per heavy atom. The van der Waals surface area contributed by atoms with Crippen molar-refractivity contribution in [3.63, 3.8) is 0 Å². The molecule has 0 radical (unpaired) electrons. The second kappa shape index (κ2) is 9.96. The third-order valence-electron chi connectivity index (χ3n) is 5.71. The minimum atomic E-state index is -4.89. The number of aromatic amines is 1. The third kappa shape index (κ3) is 5.30. The normalized spacial score (nSPS) is 11.5. The van der Waals surface area contributed by atoms with Crippen LogP contribution in [0.4, 0.5) is 23.2 Å². The number of nitrogens with one attached hydrogen (secondary N) is 2. The molecule has 39 heavy (non-hydrogen) atoms. The molecular weight excluding hydrogens is 520 g/mol. The van der Waals surface area contributed by atoms with E-state index in [1.807, 2.05) is 0 Å². The lowest BCUT2D eigenvalue weighted by molar-refractivity contribution is -0.137. The van der Waals surface area contributed by atoms with E-state index in [4.69, 9.17) is 0 Å². The highest BCUT2D eigenvalue weighted by atomic mass is 19.4. The molecule has 3 heterocycles. The Balaban J connectivity index is 1.54. The van der Waals surface area contributed by atoms with Crippen molar-refractivity contribution in [3.8, 4) is 22.5 Å². The van der Waals surface area contributed by atoms with Crippen molar-refractivity contribution in [2.24, 2.45) is 7.05 Å². The summed E-state index contributed by atoms with van der Waals surface area (Å²) in [5, 5.41) is 12.4. The Bertz CT molecular complexity index is 1720. The number of amides is 1. The number of alkyl halides is 3. The van der Waals surface area contributed by atoms with Crippen LogP contribution in [-0.2, 0) is 19.8 Å². The second-order valence-electron chi connectivity index (χ2n) is 8.41. The number of anilines is 1. The van der Waals surface area contributed by atoms with E-state index in [1.165, 1.54) is 41.1 Å². The summed E-state index contributed by atoms with van der Waals surface area (Å²) < 4.78 is 58.5. The van der Waals surface area contributed by atoms with Crippen molar-refractivity contribution in [1.29, 1.82) is 0 Å². The summed E-state index contributed by atoms with van der Waals surface area (Å²) in [6, 6.07) is 11.1. The van der Waals surface area contributed by atoms with Gasteiger partial charge in [-0.05, 0) is 18.2 Å². The fourth-order valence-corrected chi connectivity index (χ4v) is 3.88. The highest BCUT2D eigenvalue weighted by Crippen LogP contribution is 2.38. The molecule has 3 aromatic heterocycles. The van der Waals surface area contributed by atoms with E-state index in [9.17, 15) is 27.2 Å². The van der Waals surface area contributed by atoms with E-state index in [1.54, 1.807) is 30.3 Å². The van der Waals surface area contributed by atoms with Crippen LogP contribution < -0.4 is 11.0 Å². The van der Waals surface area contributed by atoms with Gasteiger partial charge >= 0.3 is 11.9 Å². The predicted octanol–water partition coefficient (Wildman–Crippen LogP) is 3.89. The van der Waals surface area contributed by atoms with Gasteiger partial charge in [-0.25, -0.2) is 24.3 Å². The molecule has 0 saturated heterocycles. The number of aromatic nitrogens is 7. The summed E-state index contributed by atoms with van der Waals surface area (Å²) >= 11 is 0. The van der Waals surface area contributed by atoms with Crippen molar-refractivity contribution in [2.75, 3.05) is 5.32 Å². The van der Waals surface area contributed by atoms with Crippen LogP contribution in [0.3, 0.4) is 0 Å². The van der Waals surface area contributed by atoms with Crippen LogP contribution >= 0.6 is 0 Å². The smallest absolute Gasteiger partial charge is 0.319 e. The van der Waals surface area contributed by atoms with Crippen molar-refractivity contribution < 1.29 is 22.4 Å². The van der Waals surface area contributed by atoms with Gasteiger partial charge in [-0.1, -0.05) is 30.3 Å². The first kappa shape index (κ1) is 25.5. The van der Waals surface area contributed by atoms with Gasteiger partial charge < -0.3 is 5.32 Å². The number of hydrogen-bond acceptors (Lipinski definition) is 6. The molecule has 5 rings (SSSR count). The summed E-state index contributed by atoms with van der Waals surface area (Å²) in [7, 11) is 1.52. The molecule has 2 aromatic carbocycles. The average molecular weight is 538 g/mol. The molecule has 0 bridgehead atoms. The lowest BCUT2D eigenvalue weighted by Crippen LogP contribution is -2.20. The van der Waals surface area contributed by atoms with Crippen LogP contribution in [-0.4, -0.2) is 40.4 Å². The Labute approximate surface area is 217 Å². The Hall–Kier alpha value is -5.14. The van der Waals surface area contributed by atoms with Crippen LogP contribution in [0.1, 0.15) is 21.7 Å². The van der Waals surface area contributed by atoms with E-state index < -0.39 is 40.3 Å². The summed E-state index contributed by atoms with van der Waals surface area (Å²) in [6.45, 7) is -0.0235. The van der Waals surface area contributed by atoms with Crippen LogP contribution in [0, 0.1) is 5.82 Å². The number of carbonyl (C=O) groups excluding carboxylic acids is 1. The van der Waals surface area contributed by atoms with E-state index in [-0.39, 0.29) is 35.5 Å². The van der Waals surface area contributed by atoms with E-state index in [0.717, 1.165) is 6.07 Å². The molecule has 14 heteroatoms. The zero-order chi connectivity index (χ0) is 27.7. The molecule has 0 aliphatic heterocycles. The van der Waals surface area contributed by atoms with Crippen molar-refractivity contribution in [2.45, 2.75) is 12.7 Å². The number of benzene rings is 2. The second-order valence-corrected chi connectivity index (χ2v) is 8.41. The van der Waals surface area contributed by atoms with Crippen molar-refractivity contribution in [1.82, 2.24) is 34.5 Å². The maximum Gasteiger partial charge on any atom is 0.417 e. The van der Waals surface area contributed by atoms with E-state index >= 15 is 0 Å². The Morgan fingerprint density at radius 1 is 1.13 bits per heavy atom. The molecular formula is C25H18F4N8O2. The summed E-state index contributed by atoms with van der Waals surface area (Å²) in [6.07, 6.45) is -0.906. The van der Waals surface area contributed by atoms with Gasteiger partial charge in [0.25, 0.3) is 5.91 Å². The van der Waals surface area contributed by atoms with Crippen molar-refractivity contribution >= 4 is 11.6 Å². The number of halogens is 4. The molecule has 0 unspecified atom stereocenters. The molecule has 0 spiro atoms. The molecule has 2 N–H and O–H groups in total. The van der Waals surface area contributed by atoms with Gasteiger partial charge in [0.2, 0.25) is 0 Å². The van der Waals surface area contributed by atoms with Gasteiger partial charge in [0.15, 0.2) is 0 Å². The monoisotopic (exact) mass is 538 g/mol. The summed E-state index contributed by atoms with van der Waals surface area (Å²) in [5.41, 5.74) is -1.99. The predicted molar refractivity (Wildman–Crippen MR) is 131 cm³/mol. The fourth-order valence-electron chi connectivity index (χ4n) is 3.88. The average Bonchev–Trinajstić information content (AvgIpc) is 3.52. The molecule has 198 valence electrons. The molecule has 0 fully saturated rings. The van der Waals surface area contributed by atoms with E-state index in [0.29, 0.717) is 5.56 Å². The van der Waals surface area contributed by atoms with Gasteiger partial charge in [0, 0.05) is 24.4 Å². The summed E-state index contributed by atoms with van der Waals surface area (Å²) in [5.74, 6) is -2.16. The summed E-state index contributed by atoms with van der Waals surface area (Å²) in [4.78, 5) is 33.6. The third-order valence-corrected chi connectivity index (χ3v) is 5.71. The molecule has 10 nitrogen and oxygen atoms in total. The van der Waals surface area contributed by atoms with Crippen LogP contribution in [0.2, 0.25) is 0 Å². The first-order valence-electron chi connectivity index (χ1n) is 11.3. The minimum Gasteiger partial charge on any atom is -0.319 e. The Morgan fingerprint density at radius 3 is 2.54 bits per heavy atom. The minimum absolute atomic E-state index is 0.0235. The zero-order valence-electron chi connectivity index (χ0n) is 20.1. The largest absolute Gasteiger partial charge is 0.417 e. The van der Waals surface area contributed by atoms with Gasteiger partial charge in [-0.15, -0.1) is 0 Å². The molecule has 1 amide bonds. The van der Waals surface area contributed by atoms with Gasteiger partial charge in [-0.2, -0.15) is 23.4 Å². The maximum atomic E-state index is 14.9. The number of carbonyl (C=O) groups is 1. The topological polar surface area (TPSA) is 123 Å². The number of rotatable bonds is 6. The van der Waals surface area contributed by atoms with Crippen LogP contribution in [0.25, 0.3) is 22.5 Å². The molecule has 0 aliphatic carbocycles. The molecule has 0 saturated carbocycles. The number of hydrogen-bond donors (Lipinski definition) is 2. The highest BCUT2D eigenvalue weighted by Gasteiger charge is 2.36. The fraction of sp³-hybridized carbons (Fsp3) is 0.120. The first-order chi connectivity index (χ1) is 18.6. The highest BCUT2D eigenvalue weighted by molar-refractivity contribution is 6.06. The number of H-pyrrole nitrogens is 1. The number of nitrogens with zero attached hydrogens (tertiary/aromatic N) is 6. The van der Waals surface area contributed by atoms with Crippen LogP contribution in [0.15, 0.2) is 72.0 Å². The lowest BCUT2D eigenvalue weighted by atomic mass is 9.99. The molecule has 0 aliphatic rings. The standard InChI is InChI=1S/C25H18F4N8O2/c1-36-8-7-19(35-36)15-9-16(18(26)10-17(15)25(27,28)29)23(38)32-20-11-30-21(12-37-13-31-34-24(37)39)33-22(20)14-5-3-2-4-6-14/h2-11,13H,12H2,1H3,(H,32,38)(H,34,39). The van der Waals surface area contributed by atoms with Gasteiger partial charge in [0.05, 0.1) is 40.9 Å². The quantitative estimate of drug-likeness (QED) is 0.316. The lowest BCUT2D eigenvalue weighted by Gasteiger charge is -2.15. The molecule has 0 atom stereocenters. The van der Waals surface area contributed by atoms with Gasteiger partial charge in [0.1, 0.15) is 18.0 Å². The first-order valence-corrected chi connectivity index (χ1v) is 11.3. The SMILES string of the molecule is Cn1ccc(-c2cc(C(=O)Nc3cnc(Cn4cn[nH]c4=O)nc3-c3ccccc3)c(F)cc2C(F)(F)F)n1. The van der Waals surface area contributed by atoms with Crippen LogP contribution in [0.5, 0.6) is 0 Å². The molecule has 5 aromatic rings. The number of aryl methyl sites for hydroxylation is 1. The van der Waals surface area contributed by atoms with Gasteiger partial charge in [-0.3, -0.25) is 14.0 Å². The maximum absolute atomic E-state index is 14.9.